The maximum absolute atomic E-state index is 13.3. The number of quaternary nitrogens is 1. The Kier molecular flexibility index (Phi) is 4.45. The molecular formula is C18H31N2O2+. The predicted molar refractivity (Wildman–Crippen MR) is 87.0 cm³/mol. The number of carbonyl (C=O) groups excluding carboxylic acids is 1. The lowest BCUT2D eigenvalue weighted by molar-refractivity contribution is -0.851. The molecule has 0 aromatic heterocycles. The Morgan fingerprint density at radius 1 is 1.36 bits per heavy atom. The fourth-order valence-corrected chi connectivity index (χ4v) is 5.21. The van der Waals surface area contributed by atoms with Gasteiger partial charge in [0.15, 0.2) is 0 Å². The standard InChI is InChI=1S/C18H31N2O2/c1-4-13-11-22-17-12(2)10-20(3,16(13)17)18(21)15(19)14-8-6-5-7-9-14/h4,12-17H,1,5-11,19H2,2-3H3/q+1. The number of amides is 1. The first-order valence-corrected chi connectivity index (χ1v) is 8.88. The van der Waals surface area contributed by atoms with Gasteiger partial charge in [0.05, 0.1) is 26.1 Å². The molecule has 1 saturated carbocycles. The number of nitrogens with zero attached hydrogens (tertiary/aromatic N) is 1. The maximum Gasteiger partial charge on any atom is 0.330 e. The predicted octanol–water partition coefficient (Wildman–Crippen LogP) is 2.09. The molecule has 2 aliphatic heterocycles. The van der Waals surface area contributed by atoms with Crippen LogP contribution in [0.3, 0.4) is 0 Å². The Hall–Kier alpha value is -0.710. The summed E-state index contributed by atoms with van der Waals surface area (Å²) >= 11 is 0. The summed E-state index contributed by atoms with van der Waals surface area (Å²) in [7, 11) is 2.08. The van der Waals surface area contributed by atoms with Gasteiger partial charge >= 0.3 is 5.91 Å². The van der Waals surface area contributed by atoms with Gasteiger partial charge in [-0.3, -0.25) is 4.48 Å². The number of nitrogens with two attached hydrogens (primary N) is 1. The molecule has 4 nitrogen and oxygen atoms in total. The van der Waals surface area contributed by atoms with Gasteiger partial charge in [0, 0.05) is 5.92 Å². The van der Waals surface area contributed by atoms with E-state index < -0.39 is 0 Å². The Morgan fingerprint density at radius 2 is 2.05 bits per heavy atom. The van der Waals surface area contributed by atoms with Crippen LogP contribution in [0.2, 0.25) is 0 Å². The van der Waals surface area contributed by atoms with E-state index in [2.05, 4.69) is 20.6 Å². The molecular weight excluding hydrogens is 276 g/mol. The zero-order chi connectivity index (χ0) is 15.9. The van der Waals surface area contributed by atoms with Crippen molar-refractivity contribution < 1.29 is 14.0 Å². The van der Waals surface area contributed by atoms with Gasteiger partial charge in [0.25, 0.3) is 0 Å². The molecule has 124 valence electrons. The molecule has 0 aromatic carbocycles. The van der Waals surface area contributed by atoms with Crippen molar-refractivity contribution in [2.75, 3.05) is 20.2 Å². The van der Waals surface area contributed by atoms with Gasteiger partial charge in [0.2, 0.25) is 0 Å². The monoisotopic (exact) mass is 307 g/mol. The number of carbonyl (C=O) groups is 1. The Bertz CT molecular complexity index is 446. The van der Waals surface area contributed by atoms with Gasteiger partial charge < -0.3 is 10.5 Å². The zero-order valence-electron chi connectivity index (χ0n) is 14.0. The van der Waals surface area contributed by atoms with E-state index >= 15 is 0 Å². The van der Waals surface area contributed by atoms with Crippen LogP contribution in [0.25, 0.3) is 0 Å². The number of hydrogen-bond acceptors (Lipinski definition) is 3. The highest BCUT2D eigenvalue weighted by molar-refractivity contribution is 5.76. The first-order valence-electron chi connectivity index (χ1n) is 8.88. The molecule has 0 bridgehead atoms. The van der Waals surface area contributed by atoms with Gasteiger partial charge in [-0.25, -0.2) is 4.79 Å². The van der Waals surface area contributed by atoms with Gasteiger partial charge in [-0.05, 0) is 18.8 Å². The van der Waals surface area contributed by atoms with E-state index in [0.29, 0.717) is 22.9 Å². The molecule has 0 spiro atoms. The van der Waals surface area contributed by atoms with E-state index in [1.165, 1.54) is 19.3 Å². The third-order valence-corrected chi connectivity index (χ3v) is 6.39. The van der Waals surface area contributed by atoms with E-state index in [0.717, 1.165) is 19.4 Å². The molecule has 6 unspecified atom stereocenters. The van der Waals surface area contributed by atoms with Crippen LogP contribution < -0.4 is 5.73 Å². The average Bonchev–Trinajstić information content (AvgIpc) is 3.08. The van der Waals surface area contributed by atoms with Crippen LogP contribution in [0.5, 0.6) is 0 Å². The molecule has 0 aromatic rings. The van der Waals surface area contributed by atoms with E-state index in [9.17, 15) is 4.79 Å². The lowest BCUT2D eigenvalue weighted by atomic mass is 9.83. The first-order chi connectivity index (χ1) is 10.5. The Labute approximate surface area is 134 Å². The minimum atomic E-state index is -0.317. The SMILES string of the molecule is C=CC1COC2C(C)C[N+](C)(C(=O)C(N)C3CCCCC3)C12. The number of likely N-dealkylation sites (tertiary alicyclic amines) is 1. The Morgan fingerprint density at radius 3 is 2.68 bits per heavy atom. The fourth-order valence-electron chi connectivity index (χ4n) is 5.21. The summed E-state index contributed by atoms with van der Waals surface area (Å²) in [5.74, 6) is 1.27. The number of ether oxygens (including phenoxy) is 1. The zero-order valence-corrected chi connectivity index (χ0v) is 14.0. The molecule has 22 heavy (non-hydrogen) atoms. The van der Waals surface area contributed by atoms with Crippen LogP contribution in [0.15, 0.2) is 12.7 Å². The fraction of sp³-hybridized carbons (Fsp3) is 0.833. The van der Waals surface area contributed by atoms with Gasteiger partial charge in [0.1, 0.15) is 18.2 Å². The summed E-state index contributed by atoms with van der Waals surface area (Å²) in [5.41, 5.74) is 6.44. The molecule has 3 fully saturated rings. The van der Waals surface area contributed by atoms with Crippen molar-refractivity contribution in [2.45, 2.75) is 57.2 Å². The lowest BCUT2D eigenvalue weighted by Crippen LogP contribution is -2.62. The molecule has 0 radical (unpaired) electrons. The highest BCUT2D eigenvalue weighted by atomic mass is 16.5. The molecule has 6 atom stereocenters. The number of rotatable bonds is 3. The molecule has 3 aliphatic rings. The van der Waals surface area contributed by atoms with Crippen LogP contribution >= 0.6 is 0 Å². The summed E-state index contributed by atoms with van der Waals surface area (Å²) in [4.78, 5) is 13.3. The largest absolute Gasteiger partial charge is 0.371 e. The van der Waals surface area contributed by atoms with E-state index in [1.54, 1.807) is 0 Å². The van der Waals surface area contributed by atoms with E-state index in [-0.39, 0.29) is 30.0 Å². The van der Waals surface area contributed by atoms with E-state index in [1.807, 2.05) is 6.08 Å². The van der Waals surface area contributed by atoms with Crippen molar-refractivity contribution in [3.05, 3.63) is 12.7 Å². The van der Waals surface area contributed by atoms with Crippen LogP contribution in [-0.4, -0.2) is 48.8 Å². The topological polar surface area (TPSA) is 52.3 Å². The molecule has 2 saturated heterocycles. The van der Waals surface area contributed by atoms with Crippen LogP contribution in [-0.2, 0) is 9.53 Å². The van der Waals surface area contributed by atoms with Crippen molar-refractivity contribution >= 4 is 5.91 Å². The lowest BCUT2D eigenvalue weighted by Gasteiger charge is -2.38. The van der Waals surface area contributed by atoms with Crippen LogP contribution in [0.4, 0.5) is 0 Å². The van der Waals surface area contributed by atoms with Gasteiger partial charge in [-0.15, -0.1) is 6.58 Å². The summed E-state index contributed by atoms with van der Waals surface area (Å²) in [5, 5.41) is 0. The third-order valence-electron chi connectivity index (χ3n) is 6.39. The van der Waals surface area contributed by atoms with Crippen molar-refractivity contribution in [1.29, 1.82) is 0 Å². The maximum atomic E-state index is 13.3. The highest BCUT2D eigenvalue weighted by Crippen LogP contribution is 2.42. The second-order valence-corrected chi connectivity index (χ2v) is 7.88. The Balaban J connectivity index is 1.81. The number of likely N-dealkylation sites (N-methyl/N-ethyl adjacent to an activating group) is 1. The van der Waals surface area contributed by atoms with Gasteiger partial charge in [-0.2, -0.15) is 0 Å². The van der Waals surface area contributed by atoms with Gasteiger partial charge in [-0.1, -0.05) is 32.3 Å². The summed E-state index contributed by atoms with van der Waals surface area (Å²) in [6.45, 7) is 7.70. The van der Waals surface area contributed by atoms with Crippen LogP contribution in [0, 0.1) is 17.8 Å². The smallest absolute Gasteiger partial charge is 0.330 e. The second-order valence-electron chi connectivity index (χ2n) is 7.88. The first kappa shape index (κ1) is 16.2. The average molecular weight is 307 g/mol. The van der Waals surface area contributed by atoms with Crippen molar-refractivity contribution in [3.8, 4) is 0 Å². The molecule has 2 heterocycles. The quantitative estimate of drug-likeness (QED) is 0.641. The van der Waals surface area contributed by atoms with Crippen molar-refractivity contribution in [2.24, 2.45) is 23.5 Å². The van der Waals surface area contributed by atoms with Crippen molar-refractivity contribution in [1.82, 2.24) is 0 Å². The molecule has 3 rings (SSSR count). The molecule has 2 N–H and O–H groups in total. The van der Waals surface area contributed by atoms with Crippen LogP contribution in [0.1, 0.15) is 39.0 Å². The molecule has 1 aliphatic carbocycles. The van der Waals surface area contributed by atoms with Crippen molar-refractivity contribution in [3.63, 3.8) is 0 Å². The van der Waals surface area contributed by atoms with E-state index in [4.69, 9.17) is 10.5 Å². The molecule has 4 heteroatoms. The number of fused-ring (bicyclic) bond motifs is 1. The minimum Gasteiger partial charge on any atom is -0.371 e. The third kappa shape index (κ3) is 2.45. The second kappa shape index (κ2) is 6.06. The minimum absolute atomic E-state index is 0.176. The summed E-state index contributed by atoms with van der Waals surface area (Å²) < 4.78 is 6.43. The summed E-state index contributed by atoms with van der Waals surface area (Å²) in [6.07, 6.45) is 8.09. The number of hydrogen-bond donors (Lipinski definition) is 1. The summed E-state index contributed by atoms with van der Waals surface area (Å²) in [6, 6.07) is -0.114. The normalized spacial score (nSPS) is 43.8. The highest BCUT2D eigenvalue weighted by Gasteiger charge is 2.61. The molecule has 1 amide bonds.